The third-order valence-electron chi connectivity index (χ3n) is 5.54. The zero-order valence-electron chi connectivity index (χ0n) is 17.4. The van der Waals surface area contributed by atoms with E-state index in [1.807, 2.05) is 0 Å². The molecule has 1 saturated heterocycles. The molecule has 0 saturated carbocycles. The molecule has 1 fully saturated rings. The molecule has 1 aromatic carbocycles. The Morgan fingerprint density at radius 1 is 1.30 bits per heavy atom. The Kier molecular flexibility index (Phi) is 6.45. The van der Waals surface area contributed by atoms with E-state index >= 15 is 0 Å². The normalized spacial score (nSPS) is 19.2. The van der Waals surface area contributed by atoms with Gasteiger partial charge < -0.3 is 9.88 Å². The number of piperidine rings is 1. The number of carbonyl (C=O) groups is 1. The van der Waals surface area contributed by atoms with Gasteiger partial charge in [0.25, 0.3) is 5.91 Å². The Balaban J connectivity index is 1.48. The van der Waals surface area contributed by atoms with Crippen molar-refractivity contribution in [3.63, 3.8) is 0 Å². The van der Waals surface area contributed by atoms with Crippen molar-refractivity contribution < 1.29 is 13.2 Å². The number of anilines is 1. The minimum absolute atomic E-state index is 0.0758. The Labute approximate surface area is 200 Å². The minimum atomic E-state index is -3.93. The zero-order valence-corrected chi connectivity index (χ0v) is 19.7. The van der Waals surface area contributed by atoms with E-state index in [0.29, 0.717) is 21.1 Å². The molecule has 2 N–H and O–H groups in total. The maximum atomic E-state index is 13.0. The van der Waals surface area contributed by atoms with Crippen molar-refractivity contribution in [3.8, 4) is 6.07 Å². The molecule has 10 nitrogen and oxygen atoms in total. The number of benzene rings is 1. The third kappa shape index (κ3) is 4.60. The van der Waals surface area contributed by atoms with Crippen molar-refractivity contribution in [2.24, 2.45) is 13.0 Å². The van der Waals surface area contributed by atoms with E-state index in [2.05, 4.69) is 26.1 Å². The Morgan fingerprint density at radius 3 is 2.79 bits per heavy atom. The average Bonchev–Trinajstić information content (AvgIpc) is 3.14. The lowest BCUT2D eigenvalue weighted by Gasteiger charge is -2.34. The number of amides is 1. The maximum Gasteiger partial charge on any atom is 0.302 e. The van der Waals surface area contributed by atoms with Crippen LogP contribution in [0.1, 0.15) is 16.9 Å². The first-order chi connectivity index (χ1) is 15.7. The van der Waals surface area contributed by atoms with Gasteiger partial charge in [0, 0.05) is 49.5 Å². The highest BCUT2D eigenvalue weighted by atomic mass is 35.5. The lowest BCUT2D eigenvalue weighted by molar-refractivity contribution is 0.0903. The quantitative estimate of drug-likeness (QED) is 0.545. The summed E-state index contributed by atoms with van der Waals surface area (Å²) in [5.41, 5.74) is 1.09. The van der Waals surface area contributed by atoms with Gasteiger partial charge in [-0.3, -0.25) is 14.5 Å². The van der Waals surface area contributed by atoms with Crippen LogP contribution in [0.25, 0.3) is 10.9 Å². The fourth-order valence-electron chi connectivity index (χ4n) is 3.80. The number of hydrogen-bond acceptors (Lipinski definition) is 6. The van der Waals surface area contributed by atoms with Gasteiger partial charge in [-0.25, -0.2) is 4.98 Å². The van der Waals surface area contributed by atoms with Crippen LogP contribution < -0.4 is 10.0 Å². The summed E-state index contributed by atoms with van der Waals surface area (Å²) in [4.78, 5) is 20.7. The number of nitrogens with zero attached hydrogens (tertiary/aromatic N) is 5. The van der Waals surface area contributed by atoms with Crippen molar-refractivity contribution in [1.82, 2.24) is 24.2 Å². The minimum Gasteiger partial charge on any atom is -0.347 e. The Morgan fingerprint density at radius 2 is 2.09 bits per heavy atom. The monoisotopic (exact) mass is 507 g/mol. The van der Waals surface area contributed by atoms with Crippen molar-refractivity contribution in [3.05, 3.63) is 52.5 Å². The zero-order chi connectivity index (χ0) is 23.8. The summed E-state index contributed by atoms with van der Waals surface area (Å²) >= 11 is 12.4. The number of aromatic nitrogens is 3. The number of rotatable bonds is 5. The number of fused-ring (bicyclic) bond motifs is 1. The second-order valence-electron chi connectivity index (χ2n) is 7.54. The van der Waals surface area contributed by atoms with Crippen LogP contribution in [0.4, 0.5) is 5.82 Å². The number of hydrogen-bond donors (Lipinski definition) is 2. The molecule has 0 spiro atoms. The van der Waals surface area contributed by atoms with Crippen molar-refractivity contribution in [1.29, 1.82) is 5.26 Å². The van der Waals surface area contributed by atoms with E-state index in [9.17, 15) is 18.5 Å². The number of nitriles is 1. The summed E-state index contributed by atoms with van der Waals surface area (Å²) in [5.74, 6) is -1.05. The topological polar surface area (TPSA) is 133 Å². The molecule has 0 aliphatic carbocycles. The van der Waals surface area contributed by atoms with Crippen LogP contribution >= 0.6 is 23.2 Å². The molecular formula is C20H19Cl2N7O3S. The van der Waals surface area contributed by atoms with Crippen LogP contribution in [0.2, 0.25) is 10.0 Å². The van der Waals surface area contributed by atoms with Gasteiger partial charge in [-0.2, -0.15) is 18.0 Å². The number of nitrogens with one attached hydrogen (secondary N) is 2. The van der Waals surface area contributed by atoms with Crippen LogP contribution in [0.3, 0.4) is 0 Å². The average molecular weight is 508 g/mol. The highest BCUT2D eigenvalue weighted by Crippen LogP contribution is 2.32. The van der Waals surface area contributed by atoms with Crippen LogP contribution in [0.5, 0.6) is 0 Å². The summed E-state index contributed by atoms with van der Waals surface area (Å²) in [6.07, 6.45) is 4.35. The van der Waals surface area contributed by atoms with Gasteiger partial charge in [0.15, 0.2) is 5.82 Å². The SMILES string of the molecule is Cn1c(C(=O)NC2CCN(S(=O)(=O)Nc3cnccn3)CC2C#N)cc2c(Cl)c(Cl)ccc21. The molecule has 2 atom stereocenters. The van der Waals surface area contributed by atoms with Crippen molar-refractivity contribution in [2.45, 2.75) is 12.5 Å². The smallest absolute Gasteiger partial charge is 0.302 e. The van der Waals surface area contributed by atoms with E-state index in [1.54, 1.807) is 29.8 Å². The van der Waals surface area contributed by atoms with Gasteiger partial charge in [0.1, 0.15) is 5.69 Å². The largest absolute Gasteiger partial charge is 0.347 e. The van der Waals surface area contributed by atoms with Crippen LogP contribution in [0, 0.1) is 17.2 Å². The molecular weight excluding hydrogens is 489 g/mol. The van der Waals surface area contributed by atoms with Crippen LogP contribution in [-0.4, -0.2) is 52.3 Å². The van der Waals surface area contributed by atoms with E-state index in [4.69, 9.17) is 23.2 Å². The Hall–Kier alpha value is -2.91. The molecule has 3 heterocycles. The highest BCUT2D eigenvalue weighted by Gasteiger charge is 2.36. The predicted molar refractivity (Wildman–Crippen MR) is 124 cm³/mol. The molecule has 13 heteroatoms. The molecule has 1 aliphatic heterocycles. The number of halogens is 2. The van der Waals surface area contributed by atoms with Gasteiger partial charge >= 0.3 is 10.2 Å². The lowest BCUT2D eigenvalue weighted by Crippen LogP contribution is -2.53. The second-order valence-corrected chi connectivity index (χ2v) is 10.00. The molecule has 33 heavy (non-hydrogen) atoms. The maximum absolute atomic E-state index is 13.0. The van der Waals surface area contributed by atoms with Gasteiger partial charge in [-0.15, -0.1) is 0 Å². The van der Waals surface area contributed by atoms with Gasteiger partial charge in [0.2, 0.25) is 0 Å². The van der Waals surface area contributed by atoms with Crippen LogP contribution in [-0.2, 0) is 17.3 Å². The highest BCUT2D eigenvalue weighted by molar-refractivity contribution is 7.90. The van der Waals surface area contributed by atoms with Crippen molar-refractivity contribution >= 4 is 56.0 Å². The first kappa shape index (κ1) is 23.3. The fourth-order valence-corrected chi connectivity index (χ4v) is 5.38. The van der Waals surface area contributed by atoms with E-state index in [1.165, 1.54) is 18.6 Å². The molecule has 3 aromatic rings. The molecule has 0 bridgehead atoms. The molecule has 2 aromatic heterocycles. The molecule has 172 valence electrons. The van der Waals surface area contributed by atoms with Crippen molar-refractivity contribution in [2.75, 3.05) is 17.8 Å². The molecule has 0 radical (unpaired) electrons. The summed E-state index contributed by atoms with van der Waals surface area (Å²) in [6, 6.07) is 6.66. The predicted octanol–water partition coefficient (Wildman–Crippen LogP) is 2.58. The lowest BCUT2D eigenvalue weighted by atomic mass is 9.94. The number of carbonyl (C=O) groups excluding carboxylic acids is 1. The summed E-state index contributed by atoms with van der Waals surface area (Å²) < 4.78 is 30.6. The van der Waals surface area contributed by atoms with E-state index in [-0.39, 0.29) is 31.2 Å². The first-order valence-corrected chi connectivity index (χ1v) is 12.1. The van der Waals surface area contributed by atoms with Gasteiger partial charge in [-0.05, 0) is 24.6 Å². The molecule has 2 unspecified atom stereocenters. The van der Waals surface area contributed by atoms with Gasteiger partial charge in [-0.1, -0.05) is 23.2 Å². The molecule has 4 rings (SSSR count). The standard InChI is InChI=1S/C20H19Cl2N7O3S/c1-28-16-3-2-14(21)19(22)13(16)8-17(28)20(30)26-15-4-7-29(11-12(15)9-23)33(31,32)27-18-10-24-5-6-25-18/h2-3,5-6,8,10,12,15H,4,7,11H2,1H3,(H,25,27)(H,26,30). The first-order valence-electron chi connectivity index (χ1n) is 9.89. The summed E-state index contributed by atoms with van der Waals surface area (Å²) in [7, 11) is -2.20. The van der Waals surface area contributed by atoms with Crippen LogP contribution in [0.15, 0.2) is 36.8 Å². The molecule has 1 amide bonds. The van der Waals surface area contributed by atoms with E-state index < -0.39 is 22.2 Å². The fraction of sp³-hybridized carbons (Fsp3) is 0.300. The molecule has 1 aliphatic rings. The summed E-state index contributed by atoms with van der Waals surface area (Å²) in [6.45, 7) is 0.0445. The summed E-state index contributed by atoms with van der Waals surface area (Å²) in [5, 5.41) is 13.9. The third-order valence-corrected chi connectivity index (χ3v) is 7.84. The number of aryl methyl sites for hydroxylation is 1. The Bertz CT molecular complexity index is 1360. The van der Waals surface area contributed by atoms with Gasteiger partial charge in [0.05, 0.1) is 28.2 Å². The second kappa shape index (κ2) is 9.15. The van der Waals surface area contributed by atoms with E-state index in [0.717, 1.165) is 9.82 Å².